The van der Waals surface area contributed by atoms with E-state index in [-0.39, 0.29) is 6.10 Å². The Balaban J connectivity index is 3.18. The maximum absolute atomic E-state index is 8.58. The predicted molar refractivity (Wildman–Crippen MR) is 59.5 cm³/mol. The van der Waals surface area contributed by atoms with Gasteiger partial charge in [0.2, 0.25) is 0 Å². The van der Waals surface area contributed by atoms with Gasteiger partial charge in [-0.3, -0.25) is 0 Å². The molecule has 0 aromatic rings. The first kappa shape index (κ1) is 13.9. The summed E-state index contributed by atoms with van der Waals surface area (Å²) in [6.45, 7) is 5.58. The lowest BCUT2D eigenvalue weighted by Crippen LogP contribution is -2.37. The Hall–Kier alpha value is -0.120. The van der Waals surface area contributed by atoms with Crippen LogP contribution in [0.2, 0.25) is 0 Å². The Kier molecular flexibility index (Phi) is 9.35. The molecule has 2 atom stereocenters. The van der Waals surface area contributed by atoms with Crippen LogP contribution in [0, 0.1) is 0 Å². The van der Waals surface area contributed by atoms with E-state index in [1.807, 2.05) is 0 Å². The van der Waals surface area contributed by atoms with Gasteiger partial charge in [-0.15, -0.1) is 0 Å². The summed E-state index contributed by atoms with van der Waals surface area (Å²) >= 11 is 0. The first-order chi connectivity index (χ1) is 6.72. The molecule has 0 radical (unpaired) electrons. The minimum atomic E-state index is 0.271. The van der Waals surface area contributed by atoms with Gasteiger partial charge in [-0.2, -0.15) is 0 Å². The number of rotatable bonds is 9. The van der Waals surface area contributed by atoms with Crippen LogP contribution >= 0.6 is 0 Å². The van der Waals surface area contributed by atoms with Gasteiger partial charge in [-0.1, -0.05) is 12.8 Å². The van der Waals surface area contributed by atoms with Crippen molar-refractivity contribution in [3.05, 3.63) is 0 Å². The summed E-state index contributed by atoms with van der Waals surface area (Å²) < 4.78 is 5.21. The van der Waals surface area contributed by atoms with Gasteiger partial charge in [0.15, 0.2) is 0 Å². The van der Waals surface area contributed by atoms with E-state index < -0.39 is 0 Å². The van der Waals surface area contributed by atoms with E-state index in [4.69, 9.17) is 9.84 Å². The molecule has 0 heterocycles. The van der Waals surface area contributed by atoms with Gasteiger partial charge in [-0.25, -0.2) is 0 Å². The van der Waals surface area contributed by atoms with Gasteiger partial charge in [0.25, 0.3) is 0 Å². The summed E-state index contributed by atoms with van der Waals surface area (Å²) in [7, 11) is 1.74. The normalized spacial score (nSPS) is 15.4. The zero-order chi connectivity index (χ0) is 10.8. The maximum atomic E-state index is 8.58. The highest BCUT2D eigenvalue weighted by Crippen LogP contribution is 2.00. The van der Waals surface area contributed by atoms with Crippen LogP contribution in [-0.4, -0.2) is 37.5 Å². The lowest BCUT2D eigenvalue weighted by molar-refractivity contribution is 0.0887. The molecule has 0 saturated heterocycles. The molecule has 0 aromatic carbocycles. The Morgan fingerprint density at radius 2 is 1.79 bits per heavy atom. The Morgan fingerprint density at radius 1 is 1.14 bits per heavy atom. The second-order valence-corrected chi connectivity index (χ2v) is 3.82. The molecule has 0 aliphatic carbocycles. The molecular formula is C11H25NO2. The van der Waals surface area contributed by atoms with Crippen molar-refractivity contribution in [3.8, 4) is 0 Å². The fourth-order valence-electron chi connectivity index (χ4n) is 1.29. The SMILES string of the molecule is COC(C)C(C)NCCCCCCO. The van der Waals surface area contributed by atoms with Gasteiger partial charge < -0.3 is 15.2 Å². The summed E-state index contributed by atoms with van der Waals surface area (Å²) in [5.41, 5.74) is 0. The summed E-state index contributed by atoms with van der Waals surface area (Å²) in [6.07, 6.45) is 4.71. The predicted octanol–water partition coefficient (Wildman–Crippen LogP) is 1.55. The van der Waals surface area contributed by atoms with E-state index in [2.05, 4.69) is 19.2 Å². The molecule has 14 heavy (non-hydrogen) atoms. The van der Waals surface area contributed by atoms with E-state index in [1.165, 1.54) is 12.8 Å². The molecule has 0 saturated carbocycles. The van der Waals surface area contributed by atoms with Crippen LogP contribution < -0.4 is 5.32 Å². The average Bonchev–Trinajstić information content (AvgIpc) is 2.21. The first-order valence-electron chi connectivity index (χ1n) is 5.59. The van der Waals surface area contributed by atoms with Crippen molar-refractivity contribution in [1.29, 1.82) is 0 Å². The highest BCUT2D eigenvalue weighted by atomic mass is 16.5. The second kappa shape index (κ2) is 9.44. The second-order valence-electron chi connectivity index (χ2n) is 3.82. The maximum Gasteiger partial charge on any atom is 0.0693 e. The van der Waals surface area contributed by atoms with E-state index in [0.29, 0.717) is 12.6 Å². The van der Waals surface area contributed by atoms with E-state index in [0.717, 1.165) is 19.4 Å². The zero-order valence-electron chi connectivity index (χ0n) is 9.75. The minimum absolute atomic E-state index is 0.271. The average molecular weight is 203 g/mol. The molecule has 0 fully saturated rings. The summed E-state index contributed by atoms with van der Waals surface area (Å²) in [4.78, 5) is 0. The van der Waals surface area contributed by atoms with Crippen molar-refractivity contribution in [3.63, 3.8) is 0 Å². The molecular weight excluding hydrogens is 178 g/mol. The van der Waals surface area contributed by atoms with Crippen molar-refractivity contribution in [2.24, 2.45) is 0 Å². The largest absolute Gasteiger partial charge is 0.396 e. The number of unbranched alkanes of at least 4 members (excludes halogenated alkanes) is 3. The summed E-state index contributed by atoms with van der Waals surface area (Å²) in [5, 5.41) is 12.0. The topological polar surface area (TPSA) is 41.5 Å². The van der Waals surface area contributed by atoms with Crippen molar-refractivity contribution in [1.82, 2.24) is 5.32 Å². The smallest absolute Gasteiger partial charge is 0.0693 e. The van der Waals surface area contributed by atoms with Crippen LogP contribution in [-0.2, 0) is 4.74 Å². The van der Waals surface area contributed by atoms with Crippen LogP contribution in [0.1, 0.15) is 39.5 Å². The first-order valence-corrected chi connectivity index (χ1v) is 5.59. The molecule has 0 aromatic heterocycles. The minimum Gasteiger partial charge on any atom is -0.396 e. The quantitative estimate of drug-likeness (QED) is 0.559. The molecule has 2 unspecified atom stereocenters. The highest BCUT2D eigenvalue weighted by Gasteiger charge is 2.08. The van der Waals surface area contributed by atoms with E-state index in [9.17, 15) is 0 Å². The van der Waals surface area contributed by atoms with Crippen LogP contribution in [0.4, 0.5) is 0 Å². The lowest BCUT2D eigenvalue weighted by atomic mass is 10.1. The van der Waals surface area contributed by atoms with Gasteiger partial charge in [0.05, 0.1) is 6.10 Å². The Morgan fingerprint density at radius 3 is 2.36 bits per heavy atom. The highest BCUT2D eigenvalue weighted by molar-refractivity contribution is 4.67. The lowest BCUT2D eigenvalue weighted by Gasteiger charge is -2.19. The monoisotopic (exact) mass is 203 g/mol. The molecule has 3 heteroatoms. The standard InChI is InChI=1S/C11H25NO2/c1-10(11(2)14-3)12-8-6-4-5-7-9-13/h10-13H,4-9H2,1-3H3. The molecule has 0 aliphatic heterocycles. The van der Waals surface area contributed by atoms with Crippen molar-refractivity contribution >= 4 is 0 Å². The van der Waals surface area contributed by atoms with Gasteiger partial charge in [-0.05, 0) is 33.2 Å². The van der Waals surface area contributed by atoms with Crippen LogP contribution in [0.25, 0.3) is 0 Å². The molecule has 0 amide bonds. The third kappa shape index (κ3) is 7.30. The van der Waals surface area contributed by atoms with E-state index >= 15 is 0 Å². The number of methoxy groups -OCH3 is 1. The summed E-state index contributed by atoms with van der Waals surface area (Å²) in [5.74, 6) is 0. The zero-order valence-corrected chi connectivity index (χ0v) is 9.75. The molecule has 0 spiro atoms. The fraction of sp³-hybridized carbons (Fsp3) is 1.00. The molecule has 2 N–H and O–H groups in total. The van der Waals surface area contributed by atoms with Crippen LogP contribution in [0.15, 0.2) is 0 Å². The number of aliphatic hydroxyl groups is 1. The Labute approximate surface area is 87.8 Å². The molecule has 0 bridgehead atoms. The summed E-state index contributed by atoms with van der Waals surface area (Å²) in [6, 6.07) is 0.415. The number of aliphatic hydroxyl groups excluding tert-OH is 1. The van der Waals surface area contributed by atoms with Gasteiger partial charge in [0, 0.05) is 19.8 Å². The van der Waals surface area contributed by atoms with Gasteiger partial charge in [0.1, 0.15) is 0 Å². The van der Waals surface area contributed by atoms with Gasteiger partial charge >= 0.3 is 0 Å². The molecule has 3 nitrogen and oxygen atoms in total. The Bertz CT molecular complexity index is 120. The van der Waals surface area contributed by atoms with Crippen molar-refractivity contribution < 1.29 is 9.84 Å². The number of ether oxygens (including phenoxy) is 1. The number of hydrogen-bond acceptors (Lipinski definition) is 3. The van der Waals surface area contributed by atoms with Crippen molar-refractivity contribution in [2.45, 2.75) is 51.7 Å². The molecule has 0 rings (SSSR count). The van der Waals surface area contributed by atoms with Crippen LogP contribution in [0.3, 0.4) is 0 Å². The van der Waals surface area contributed by atoms with E-state index in [1.54, 1.807) is 7.11 Å². The fourth-order valence-corrected chi connectivity index (χ4v) is 1.29. The van der Waals surface area contributed by atoms with Crippen LogP contribution in [0.5, 0.6) is 0 Å². The number of nitrogens with one attached hydrogen (secondary N) is 1. The third-order valence-electron chi connectivity index (χ3n) is 2.63. The third-order valence-corrected chi connectivity index (χ3v) is 2.63. The van der Waals surface area contributed by atoms with Crippen molar-refractivity contribution in [2.75, 3.05) is 20.3 Å². The molecule has 86 valence electrons. The number of hydrogen-bond donors (Lipinski definition) is 2. The molecule has 0 aliphatic rings.